The van der Waals surface area contributed by atoms with Crippen LogP contribution in [0.2, 0.25) is 0 Å². The Kier molecular flexibility index (Phi) is 6.02. The van der Waals surface area contributed by atoms with Crippen molar-refractivity contribution in [2.45, 2.75) is 25.1 Å². The maximum Gasteiger partial charge on any atom is 0.373 e. The zero-order valence-electron chi connectivity index (χ0n) is 10.3. The Hall–Kier alpha value is -1.88. The van der Waals surface area contributed by atoms with E-state index in [1.807, 2.05) is 0 Å². The van der Waals surface area contributed by atoms with Gasteiger partial charge in [0, 0.05) is 5.56 Å². The third-order valence-corrected chi connectivity index (χ3v) is 2.72. The van der Waals surface area contributed by atoms with Crippen molar-refractivity contribution < 1.29 is 24.2 Å². The smallest absolute Gasteiger partial charge is 0.294 e. The molecule has 0 N–H and O–H groups in total. The highest BCUT2D eigenvalue weighted by Crippen LogP contribution is 2.06. The molecule has 0 fully saturated rings. The van der Waals surface area contributed by atoms with Crippen LogP contribution in [-0.2, 0) is 19.4 Å². The number of Topliss-reactive ketones (excluding diaryl/α,β-unsaturated/α-hetero) is 1. The lowest BCUT2D eigenvalue weighted by molar-refractivity contribution is -0.258. The summed E-state index contributed by atoms with van der Waals surface area (Å²) in [6.07, 6.45) is -0.156. The zero-order valence-corrected chi connectivity index (χ0v) is 11.1. The second kappa shape index (κ2) is 7.53. The molecular weight excluding hydrogens is 272 g/mol. The molecule has 1 atom stereocenters. The topological polar surface area (TPSA) is 69.7 Å². The lowest BCUT2D eigenvalue weighted by Crippen LogP contribution is -2.20. The molecule has 0 aromatic heterocycles. The number of rotatable bonds is 5. The van der Waals surface area contributed by atoms with Gasteiger partial charge >= 0.3 is 11.9 Å². The van der Waals surface area contributed by atoms with Gasteiger partial charge in [0.15, 0.2) is 5.78 Å². The van der Waals surface area contributed by atoms with Gasteiger partial charge in [-0.05, 0) is 6.42 Å². The molecule has 1 rings (SSSR count). The molecule has 1 aromatic rings. The van der Waals surface area contributed by atoms with Gasteiger partial charge in [0.05, 0.1) is 0 Å². The second-order valence-corrected chi connectivity index (χ2v) is 4.23. The zero-order chi connectivity index (χ0) is 14.3. The number of carbonyl (C=O) groups is 3. The first-order valence-electron chi connectivity index (χ1n) is 5.68. The summed E-state index contributed by atoms with van der Waals surface area (Å²) in [5.74, 6) is -2.22. The average molecular weight is 285 g/mol. The van der Waals surface area contributed by atoms with Crippen LogP contribution in [0.25, 0.3) is 0 Å². The van der Waals surface area contributed by atoms with E-state index in [1.165, 1.54) is 0 Å². The van der Waals surface area contributed by atoms with Crippen LogP contribution in [0.4, 0.5) is 0 Å². The van der Waals surface area contributed by atoms with Crippen molar-refractivity contribution in [2.75, 3.05) is 0 Å². The standard InChI is InChI=1S/C13H13ClO5/c1-2-10(14)13(17)19-18-12(16)8-11(15)9-6-4-3-5-7-9/h3-7,10H,2,8H2,1H3. The Morgan fingerprint density at radius 3 is 2.37 bits per heavy atom. The van der Waals surface area contributed by atoms with E-state index in [1.54, 1.807) is 37.3 Å². The van der Waals surface area contributed by atoms with Crippen LogP contribution in [-0.4, -0.2) is 23.1 Å². The first-order chi connectivity index (χ1) is 9.04. The summed E-state index contributed by atoms with van der Waals surface area (Å²) in [5.41, 5.74) is 0.384. The highest BCUT2D eigenvalue weighted by molar-refractivity contribution is 6.29. The van der Waals surface area contributed by atoms with Crippen LogP contribution in [0.5, 0.6) is 0 Å². The molecule has 0 saturated carbocycles. The minimum atomic E-state index is -0.942. The van der Waals surface area contributed by atoms with E-state index in [0.29, 0.717) is 12.0 Å². The number of benzene rings is 1. The highest BCUT2D eigenvalue weighted by Gasteiger charge is 2.19. The molecule has 0 amide bonds. The maximum atomic E-state index is 11.6. The summed E-state index contributed by atoms with van der Waals surface area (Å²) in [7, 11) is 0. The number of hydrogen-bond donors (Lipinski definition) is 0. The fourth-order valence-electron chi connectivity index (χ4n) is 1.19. The van der Waals surface area contributed by atoms with Gasteiger partial charge in [-0.2, -0.15) is 0 Å². The maximum absolute atomic E-state index is 11.6. The molecule has 5 nitrogen and oxygen atoms in total. The molecule has 0 aliphatic rings. The van der Waals surface area contributed by atoms with Crippen LogP contribution in [0.3, 0.4) is 0 Å². The van der Waals surface area contributed by atoms with Gasteiger partial charge in [-0.3, -0.25) is 4.79 Å². The minimum Gasteiger partial charge on any atom is -0.294 e. The average Bonchev–Trinajstić information content (AvgIpc) is 2.44. The van der Waals surface area contributed by atoms with Gasteiger partial charge in [-0.1, -0.05) is 37.3 Å². The van der Waals surface area contributed by atoms with E-state index < -0.39 is 29.5 Å². The van der Waals surface area contributed by atoms with Crippen molar-refractivity contribution in [3.63, 3.8) is 0 Å². The number of ketones is 1. The quantitative estimate of drug-likeness (QED) is 0.273. The van der Waals surface area contributed by atoms with Crippen LogP contribution >= 0.6 is 11.6 Å². The van der Waals surface area contributed by atoms with Gasteiger partial charge in [-0.25, -0.2) is 19.4 Å². The molecule has 1 unspecified atom stereocenters. The molecule has 19 heavy (non-hydrogen) atoms. The first kappa shape index (κ1) is 15.2. The predicted molar refractivity (Wildman–Crippen MR) is 67.5 cm³/mol. The Morgan fingerprint density at radius 2 is 1.79 bits per heavy atom. The molecule has 0 aliphatic carbocycles. The summed E-state index contributed by atoms with van der Waals surface area (Å²) in [5, 5.41) is -0.877. The van der Waals surface area contributed by atoms with Crippen molar-refractivity contribution in [1.82, 2.24) is 0 Å². The van der Waals surface area contributed by atoms with Gasteiger partial charge in [0.1, 0.15) is 11.8 Å². The van der Waals surface area contributed by atoms with Crippen molar-refractivity contribution in [2.24, 2.45) is 0 Å². The lowest BCUT2D eigenvalue weighted by atomic mass is 10.1. The van der Waals surface area contributed by atoms with Crippen molar-refractivity contribution in [1.29, 1.82) is 0 Å². The fourth-order valence-corrected chi connectivity index (χ4v) is 1.23. The van der Waals surface area contributed by atoms with Gasteiger partial charge in [0.25, 0.3) is 0 Å². The van der Waals surface area contributed by atoms with Crippen LogP contribution in [0.15, 0.2) is 30.3 Å². The molecule has 1 aromatic carbocycles. The SMILES string of the molecule is CCC(Cl)C(=O)OOC(=O)CC(=O)c1ccccc1. The third kappa shape index (κ3) is 5.09. The van der Waals surface area contributed by atoms with Gasteiger partial charge in [-0.15, -0.1) is 11.6 Å². The Bertz CT molecular complexity index is 457. The van der Waals surface area contributed by atoms with E-state index in [4.69, 9.17) is 11.6 Å². The normalized spacial score (nSPS) is 11.5. The second-order valence-electron chi connectivity index (χ2n) is 3.70. The van der Waals surface area contributed by atoms with Crippen LogP contribution in [0.1, 0.15) is 30.1 Å². The van der Waals surface area contributed by atoms with E-state index in [2.05, 4.69) is 9.78 Å². The number of hydrogen-bond acceptors (Lipinski definition) is 5. The number of alkyl halides is 1. The van der Waals surface area contributed by atoms with Crippen molar-refractivity contribution in [3.05, 3.63) is 35.9 Å². The van der Waals surface area contributed by atoms with Crippen molar-refractivity contribution >= 4 is 29.3 Å². The van der Waals surface area contributed by atoms with Crippen molar-refractivity contribution in [3.8, 4) is 0 Å². The Morgan fingerprint density at radius 1 is 1.16 bits per heavy atom. The molecular formula is C13H13ClO5. The van der Waals surface area contributed by atoms with E-state index >= 15 is 0 Å². The predicted octanol–water partition coefficient (Wildman–Crippen LogP) is 2.28. The van der Waals surface area contributed by atoms with Crippen LogP contribution in [0, 0.1) is 0 Å². The molecule has 0 heterocycles. The summed E-state index contributed by atoms with van der Waals surface area (Å²) >= 11 is 5.57. The molecule has 6 heteroatoms. The number of carbonyl (C=O) groups excluding carboxylic acids is 3. The molecule has 0 radical (unpaired) electrons. The summed E-state index contributed by atoms with van der Waals surface area (Å²) in [4.78, 5) is 42.5. The largest absolute Gasteiger partial charge is 0.373 e. The summed E-state index contributed by atoms with van der Waals surface area (Å²) in [6.45, 7) is 1.68. The highest BCUT2D eigenvalue weighted by atomic mass is 35.5. The van der Waals surface area contributed by atoms with E-state index in [9.17, 15) is 14.4 Å². The van der Waals surface area contributed by atoms with Crippen LogP contribution < -0.4 is 0 Å². The van der Waals surface area contributed by atoms with Gasteiger partial charge < -0.3 is 0 Å². The summed E-state index contributed by atoms with van der Waals surface area (Å²) in [6, 6.07) is 8.26. The molecule has 0 bridgehead atoms. The third-order valence-electron chi connectivity index (χ3n) is 2.23. The first-order valence-corrected chi connectivity index (χ1v) is 6.11. The Labute approximate surface area is 115 Å². The number of halogens is 1. The minimum absolute atomic E-state index is 0.348. The monoisotopic (exact) mass is 284 g/mol. The molecule has 0 spiro atoms. The Balaban J connectivity index is 2.40. The molecule has 0 aliphatic heterocycles. The van der Waals surface area contributed by atoms with Gasteiger partial charge in [0.2, 0.25) is 0 Å². The van der Waals surface area contributed by atoms with E-state index in [0.717, 1.165) is 0 Å². The lowest BCUT2D eigenvalue weighted by Gasteiger charge is -2.05. The molecule has 0 saturated heterocycles. The van der Waals surface area contributed by atoms with E-state index in [-0.39, 0.29) is 0 Å². The fraction of sp³-hybridized carbons (Fsp3) is 0.308. The summed E-state index contributed by atoms with van der Waals surface area (Å²) < 4.78 is 0. The molecule has 102 valence electrons.